The lowest BCUT2D eigenvalue weighted by atomic mass is 9.82. The number of aryl methyl sites for hydroxylation is 2. The van der Waals surface area contributed by atoms with Crippen LogP contribution in [0, 0.1) is 19.3 Å². The van der Waals surface area contributed by atoms with Gasteiger partial charge in [0.05, 0.1) is 11.6 Å². The minimum Gasteiger partial charge on any atom is -0.503 e. The summed E-state index contributed by atoms with van der Waals surface area (Å²) in [4.78, 5) is 30.5. The summed E-state index contributed by atoms with van der Waals surface area (Å²) in [5, 5.41) is 10.9. The van der Waals surface area contributed by atoms with Crippen molar-refractivity contribution in [1.29, 1.82) is 0 Å². The lowest BCUT2D eigenvalue weighted by Gasteiger charge is -2.30. The zero-order chi connectivity index (χ0) is 23.8. The van der Waals surface area contributed by atoms with Crippen molar-refractivity contribution in [2.24, 2.45) is 5.41 Å². The first kappa shape index (κ1) is 23.6. The first-order valence-corrected chi connectivity index (χ1v) is 11.2. The monoisotopic (exact) mass is 434 g/mol. The highest BCUT2D eigenvalue weighted by Crippen LogP contribution is 2.44. The van der Waals surface area contributed by atoms with E-state index in [-0.39, 0.29) is 11.4 Å². The molecule has 2 aromatic rings. The van der Waals surface area contributed by atoms with Gasteiger partial charge in [-0.05, 0) is 62.6 Å². The highest BCUT2D eigenvalue weighted by atomic mass is 16.3. The van der Waals surface area contributed by atoms with E-state index < -0.39 is 23.1 Å². The third-order valence-electron chi connectivity index (χ3n) is 6.10. The van der Waals surface area contributed by atoms with Crippen LogP contribution in [-0.2, 0) is 9.59 Å². The molecule has 1 atom stereocenters. The van der Waals surface area contributed by atoms with Crippen molar-refractivity contribution in [3.8, 4) is 0 Å². The SMILES string of the molecule is CCN(CC)c1ccc(C2C(C(=O)C(C)(C)C)=C(O)C(=O)N2c2cc(C)ccc2C)cc1. The topological polar surface area (TPSA) is 60.9 Å². The van der Waals surface area contributed by atoms with Crippen LogP contribution >= 0.6 is 0 Å². The van der Waals surface area contributed by atoms with Gasteiger partial charge in [0.2, 0.25) is 0 Å². The largest absolute Gasteiger partial charge is 0.503 e. The minimum atomic E-state index is -0.735. The number of aliphatic hydroxyl groups excluding tert-OH is 1. The Morgan fingerprint density at radius 2 is 1.62 bits per heavy atom. The number of amides is 1. The number of hydrogen-bond donors (Lipinski definition) is 1. The highest BCUT2D eigenvalue weighted by molar-refractivity contribution is 6.17. The number of aliphatic hydroxyl groups is 1. The Kier molecular flexibility index (Phi) is 6.49. The first-order chi connectivity index (χ1) is 15.0. The molecule has 1 amide bonds. The molecule has 2 aromatic carbocycles. The minimum absolute atomic E-state index is 0.166. The molecule has 0 saturated carbocycles. The van der Waals surface area contributed by atoms with Gasteiger partial charge in [-0.3, -0.25) is 14.5 Å². The molecule has 3 rings (SSSR count). The van der Waals surface area contributed by atoms with Crippen LogP contribution in [0.5, 0.6) is 0 Å². The molecule has 32 heavy (non-hydrogen) atoms. The molecule has 0 fully saturated rings. The number of carbonyl (C=O) groups is 2. The number of carbonyl (C=O) groups excluding carboxylic acids is 2. The molecule has 5 nitrogen and oxygen atoms in total. The Morgan fingerprint density at radius 1 is 1.03 bits per heavy atom. The van der Waals surface area contributed by atoms with Gasteiger partial charge in [-0.1, -0.05) is 45.0 Å². The maximum atomic E-state index is 13.4. The van der Waals surface area contributed by atoms with E-state index in [1.54, 1.807) is 25.7 Å². The van der Waals surface area contributed by atoms with Gasteiger partial charge < -0.3 is 10.0 Å². The van der Waals surface area contributed by atoms with Crippen molar-refractivity contribution in [2.45, 2.75) is 54.5 Å². The fourth-order valence-electron chi connectivity index (χ4n) is 4.24. The number of ketones is 1. The molecule has 0 radical (unpaired) electrons. The van der Waals surface area contributed by atoms with Crippen molar-refractivity contribution >= 4 is 23.1 Å². The molecule has 0 aliphatic carbocycles. The summed E-state index contributed by atoms with van der Waals surface area (Å²) in [6.07, 6.45) is 0. The molecule has 1 N–H and O–H groups in total. The number of Topliss-reactive ketones (excluding diaryl/α,β-unsaturated/α-hetero) is 1. The normalized spacial score (nSPS) is 16.7. The number of nitrogens with zero attached hydrogens (tertiary/aromatic N) is 2. The number of anilines is 2. The Hall–Kier alpha value is -3.08. The van der Waals surface area contributed by atoms with E-state index in [1.807, 2.05) is 56.3 Å². The second-order valence-corrected chi connectivity index (χ2v) is 9.47. The maximum absolute atomic E-state index is 13.4. The van der Waals surface area contributed by atoms with Crippen molar-refractivity contribution in [3.63, 3.8) is 0 Å². The molecular weight excluding hydrogens is 400 g/mol. The van der Waals surface area contributed by atoms with Crippen molar-refractivity contribution in [3.05, 3.63) is 70.5 Å². The van der Waals surface area contributed by atoms with Crippen LogP contribution in [0.1, 0.15) is 57.4 Å². The second-order valence-electron chi connectivity index (χ2n) is 9.47. The Labute approximate surface area is 191 Å². The molecule has 0 spiro atoms. The number of rotatable bonds is 6. The Bertz CT molecular complexity index is 1060. The van der Waals surface area contributed by atoms with Crippen LogP contribution in [-0.4, -0.2) is 29.9 Å². The first-order valence-electron chi connectivity index (χ1n) is 11.2. The van der Waals surface area contributed by atoms with Crippen molar-refractivity contribution in [2.75, 3.05) is 22.9 Å². The van der Waals surface area contributed by atoms with E-state index in [1.165, 1.54) is 0 Å². The van der Waals surface area contributed by atoms with Gasteiger partial charge in [0.15, 0.2) is 11.5 Å². The van der Waals surface area contributed by atoms with E-state index in [4.69, 9.17) is 0 Å². The zero-order valence-electron chi connectivity index (χ0n) is 20.2. The summed E-state index contributed by atoms with van der Waals surface area (Å²) in [6, 6.07) is 13.1. The third kappa shape index (κ3) is 4.16. The van der Waals surface area contributed by atoms with E-state index in [9.17, 15) is 14.7 Å². The van der Waals surface area contributed by atoms with E-state index in [2.05, 4.69) is 18.7 Å². The van der Waals surface area contributed by atoms with Crippen LogP contribution in [0.15, 0.2) is 53.8 Å². The summed E-state index contributed by atoms with van der Waals surface area (Å²) in [7, 11) is 0. The molecule has 0 aromatic heterocycles. The smallest absolute Gasteiger partial charge is 0.294 e. The Morgan fingerprint density at radius 3 is 2.16 bits per heavy atom. The molecular formula is C27H34N2O3. The lowest BCUT2D eigenvalue weighted by molar-refractivity contribution is -0.123. The van der Waals surface area contributed by atoms with Gasteiger partial charge in [0, 0.05) is 29.9 Å². The van der Waals surface area contributed by atoms with Crippen molar-refractivity contribution < 1.29 is 14.7 Å². The van der Waals surface area contributed by atoms with E-state index in [0.717, 1.165) is 35.5 Å². The van der Waals surface area contributed by atoms with Crippen LogP contribution in [0.2, 0.25) is 0 Å². The zero-order valence-corrected chi connectivity index (χ0v) is 20.2. The quantitative estimate of drug-likeness (QED) is 0.637. The highest BCUT2D eigenvalue weighted by Gasteiger charge is 2.47. The fraction of sp³-hybridized carbons (Fsp3) is 0.407. The molecule has 1 heterocycles. The average Bonchev–Trinajstić information content (AvgIpc) is 3.00. The summed E-state index contributed by atoms with van der Waals surface area (Å²) in [5.41, 5.74) is 3.93. The predicted molar refractivity (Wildman–Crippen MR) is 130 cm³/mol. The molecule has 5 heteroatoms. The van der Waals surface area contributed by atoms with Crippen LogP contribution < -0.4 is 9.80 Å². The molecule has 1 unspecified atom stereocenters. The Balaban J connectivity index is 2.20. The lowest BCUT2D eigenvalue weighted by Crippen LogP contribution is -2.33. The van der Waals surface area contributed by atoms with E-state index in [0.29, 0.717) is 5.69 Å². The standard InChI is InChI=1S/C27H34N2O3/c1-8-28(9-2)20-14-12-19(13-15-20)23-22(25(31)27(5,6)7)24(30)26(32)29(23)21-16-17(3)10-11-18(21)4/h10-16,23,30H,8-9H2,1-7H3. The van der Waals surface area contributed by atoms with Gasteiger partial charge in [-0.15, -0.1) is 0 Å². The summed E-state index contributed by atoms with van der Waals surface area (Å²) in [5.74, 6) is -1.22. The van der Waals surface area contributed by atoms with Crippen LogP contribution in [0.25, 0.3) is 0 Å². The van der Waals surface area contributed by atoms with Gasteiger partial charge in [-0.2, -0.15) is 0 Å². The molecule has 0 bridgehead atoms. The summed E-state index contributed by atoms with van der Waals surface area (Å²) >= 11 is 0. The maximum Gasteiger partial charge on any atom is 0.294 e. The number of benzene rings is 2. The van der Waals surface area contributed by atoms with Gasteiger partial charge in [0.1, 0.15) is 0 Å². The van der Waals surface area contributed by atoms with Gasteiger partial charge >= 0.3 is 0 Å². The molecule has 1 aliphatic rings. The van der Waals surface area contributed by atoms with Crippen molar-refractivity contribution in [1.82, 2.24) is 0 Å². The molecule has 1 aliphatic heterocycles. The second kappa shape index (κ2) is 8.81. The van der Waals surface area contributed by atoms with Crippen LogP contribution in [0.4, 0.5) is 11.4 Å². The van der Waals surface area contributed by atoms with Gasteiger partial charge in [0.25, 0.3) is 5.91 Å². The molecule has 0 saturated heterocycles. The third-order valence-corrected chi connectivity index (χ3v) is 6.10. The summed E-state index contributed by atoms with van der Waals surface area (Å²) < 4.78 is 0. The number of hydrogen-bond acceptors (Lipinski definition) is 4. The predicted octanol–water partition coefficient (Wildman–Crippen LogP) is 5.66. The summed E-state index contributed by atoms with van der Waals surface area (Å²) in [6.45, 7) is 15.3. The average molecular weight is 435 g/mol. The van der Waals surface area contributed by atoms with E-state index >= 15 is 0 Å². The van der Waals surface area contributed by atoms with Gasteiger partial charge in [-0.25, -0.2) is 0 Å². The fourth-order valence-corrected chi connectivity index (χ4v) is 4.24. The molecule has 170 valence electrons. The van der Waals surface area contributed by atoms with Crippen LogP contribution in [0.3, 0.4) is 0 Å².